The Morgan fingerprint density at radius 2 is 1.94 bits per heavy atom. The average Bonchev–Trinajstić information content (AvgIpc) is 2.33. The van der Waals surface area contributed by atoms with E-state index in [1.54, 1.807) is 24.3 Å². The monoisotopic (exact) mass is 258 g/mol. The molecule has 6 heteroatoms. The lowest BCUT2D eigenvalue weighted by molar-refractivity contribution is -0.157. The molecule has 0 bridgehead atoms. The van der Waals surface area contributed by atoms with Crippen molar-refractivity contribution in [2.24, 2.45) is 5.92 Å². The number of halogens is 3. The van der Waals surface area contributed by atoms with E-state index >= 15 is 0 Å². The summed E-state index contributed by atoms with van der Waals surface area (Å²) in [6, 6.07) is 10.2. The van der Waals surface area contributed by atoms with Crippen molar-refractivity contribution in [1.82, 2.24) is 5.32 Å². The molecule has 0 spiro atoms. The number of nitrogens with one attached hydrogen (secondary N) is 1. The molecule has 98 valence electrons. The topological polar surface area (TPSA) is 45.0 Å². The first-order chi connectivity index (χ1) is 8.54. The molecule has 0 amide bonds. The van der Waals surface area contributed by atoms with Gasteiger partial charge in [0.15, 0.2) is 5.92 Å². The first-order valence-electron chi connectivity index (χ1n) is 5.39. The lowest BCUT2D eigenvalue weighted by Crippen LogP contribution is -2.34. The predicted octanol–water partition coefficient (Wildman–Crippen LogP) is 2.36. The first kappa shape index (κ1) is 14.3. The number of para-hydroxylation sites is 1. The first-order valence-corrected chi connectivity index (χ1v) is 5.39. The van der Waals surface area contributed by atoms with Gasteiger partial charge >= 0.3 is 6.18 Å². The Morgan fingerprint density at radius 3 is 2.50 bits per heavy atom. The maximum atomic E-state index is 12.2. The molecular formula is C12H13F3N2O. The standard InChI is InChI=1S/C12H13F3N2O/c13-12(14,15)10(8-16)9-17-6-7-18-11-4-2-1-3-5-11/h1-5,10,17H,6-7,9H2. The van der Waals surface area contributed by atoms with Gasteiger partial charge in [0.25, 0.3) is 0 Å². The van der Waals surface area contributed by atoms with Crippen LogP contribution >= 0.6 is 0 Å². The van der Waals surface area contributed by atoms with E-state index in [-0.39, 0.29) is 13.2 Å². The fraction of sp³-hybridized carbons (Fsp3) is 0.417. The second kappa shape index (κ2) is 6.87. The quantitative estimate of drug-likeness (QED) is 0.797. The van der Waals surface area contributed by atoms with Crippen molar-refractivity contribution in [3.63, 3.8) is 0 Å². The minimum absolute atomic E-state index is 0.250. The summed E-state index contributed by atoms with van der Waals surface area (Å²) < 4.78 is 41.9. The van der Waals surface area contributed by atoms with E-state index in [2.05, 4.69) is 5.32 Å². The molecule has 0 aliphatic carbocycles. The van der Waals surface area contributed by atoms with Crippen molar-refractivity contribution in [1.29, 1.82) is 5.26 Å². The molecule has 1 aromatic rings. The molecule has 0 saturated carbocycles. The molecular weight excluding hydrogens is 245 g/mol. The Bertz CT molecular complexity index is 387. The molecule has 1 N–H and O–H groups in total. The van der Waals surface area contributed by atoms with E-state index in [1.807, 2.05) is 6.07 Å². The lowest BCUT2D eigenvalue weighted by atomic mass is 10.1. The van der Waals surface area contributed by atoms with Crippen LogP contribution in [0.2, 0.25) is 0 Å². The fourth-order valence-electron chi connectivity index (χ4n) is 1.24. The summed E-state index contributed by atoms with van der Waals surface area (Å²) in [6.07, 6.45) is -4.48. The number of alkyl halides is 3. The van der Waals surface area contributed by atoms with Crippen molar-refractivity contribution in [3.8, 4) is 11.8 Å². The second-order valence-corrected chi connectivity index (χ2v) is 3.59. The Balaban J connectivity index is 2.18. The summed E-state index contributed by atoms with van der Waals surface area (Å²) in [5, 5.41) is 10.9. The van der Waals surface area contributed by atoms with Crippen LogP contribution < -0.4 is 10.1 Å². The van der Waals surface area contributed by atoms with Crippen LogP contribution in [0.4, 0.5) is 13.2 Å². The van der Waals surface area contributed by atoms with Gasteiger partial charge in [-0.1, -0.05) is 18.2 Å². The van der Waals surface area contributed by atoms with Gasteiger partial charge in [-0.25, -0.2) is 0 Å². The third kappa shape index (κ3) is 5.06. The molecule has 1 rings (SSSR count). The number of hydrogen-bond acceptors (Lipinski definition) is 3. The van der Waals surface area contributed by atoms with Crippen LogP contribution in [-0.4, -0.2) is 25.9 Å². The predicted molar refractivity (Wildman–Crippen MR) is 60.0 cm³/mol. The molecule has 1 aromatic carbocycles. The molecule has 0 aromatic heterocycles. The second-order valence-electron chi connectivity index (χ2n) is 3.59. The van der Waals surface area contributed by atoms with Crippen LogP contribution in [-0.2, 0) is 0 Å². The van der Waals surface area contributed by atoms with Gasteiger partial charge in [-0.2, -0.15) is 18.4 Å². The molecule has 0 saturated heterocycles. The van der Waals surface area contributed by atoms with Crippen LogP contribution in [0.3, 0.4) is 0 Å². The van der Waals surface area contributed by atoms with Crippen molar-refractivity contribution in [3.05, 3.63) is 30.3 Å². The van der Waals surface area contributed by atoms with Gasteiger partial charge in [0.05, 0.1) is 6.07 Å². The van der Waals surface area contributed by atoms with Crippen molar-refractivity contribution in [2.75, 3.05) is 19.7 Å². The summed E-state index contributed by atoms with van der Waals surface area (Å²) in [6.45, 7) is 0.0846. The highest BCUT2D eigenvalue weighted by Gasteiger charge is 2.39. The van der Waals surface area contributed by atoms with Gasteiger partial charge in [0, 0.05) is 13.1 Å². The molecule has 0 aliphatic rings. The Morgan fingerprint density at radius 1 is 1.28 bits per heavy atom. The van der Waals surface area contributed by atoms with E-state index in [1.165, 1.54) is 6.07 Å². The van der Waals surface area contributed by atoms with E-state index < -0.39 is 18.6 Å². The molecule has 3 nitrogen and oxygen atoms in total. The highest BCUT2D eigenvalue weighted by atomic mass is 19.4. The molecule has 18 heavy (non-hydrogen) atoms. The van der Waals surface area contributed by atoms with Crippen LogP contribution in [0.5, 0.6) is 5.75 Å². The van der Waals surface area contributed by atoms with Crippen LogP contribution in [0.15, 0.2) is 30.3 Å². The van der Waals surface area contributed by atoms with E-state index in [0.29, 0.717) is 5.75 Å². The van der Waals surface area contributed by atoms with Crippen LogP contribution in [0.25, 0.3) is 0 Å². The lowest BCUT2D eigenvalue weighted by Gasteiger charge is -2.14. The van der Waals surface area contributed by atoms with Gasteiger partial charge in [-0.15, -0.1) is 0 Å². The number of benzene rings is 1. The number of rotatable bonds is 6. The zero-order chi connectivity index (χ0) is 13.4. The zero-order valence-corrected chi connectivity index (χ0v) is 9.57. The SMILES string of the molecule is N#CC(CNCCOc1ccccc1)C(F)(F)F. The van der Waals surface area contributed by atoms with Crippen molar-refractivity contribution < 1.29 is 17.9 Å². The third-order valence-electron chi connectivity index (χ3n) is 2.19. The largest absolute Gasteiger partial charge is 0.492 e. The van der Waals surface area contributed by atoms with Gasteiger partial charge in [-0.05, 0) is 12.1 Å². The van der Waals surface area contributed by atoms with Gasteiger partial charge in [-0.3, -0.25) is 0 Å². The van der Waals surface area contributed by atoms with Gasteiger partial charge in [0.1, 0.15) is 12.4 Å². The zero-order valence-electron chi connectivity index (χ0n) is 9.57. The maximum absolute atomic E-state index is 12.2. The molecule has 1 atom stereocenters. The summed E-state index contributed by atoms with van der Waals surface area (Å²) in [5.74, 6) is -1.32. The van der Waals surface area contributed by atoms with Crippen LogP contribution in [0.1, 0.15) is 0 Å². The number of hydrogen-bond donors (Lipinski definition) is 1. The number of nitriles is 1. The summed E-state index contributed by atoms with van der Waals surface area (Å²) in [5.41, 5.74) is 0. The number of ether oxygens (including phenoxy) is 1. The minimum atomic E-state index is -4.48. The fourth-order valence-corrected chi connectivity index (χ4v) is 1.24. The highest BCUT2D eigenvalue weighted by molar-refractivity contribution is 5.20. The molecule has 1 unspecified atom stereocenters. The Kier molecular flexibility index (Phi) is 5.46. The Hall–Kier alpha value is -1.74. The normalized spacial score (nSPS) is 12.8. The van der Waals surface area contributed by atoms with E-state index in [9.17, 15) is 13.2 Å². The average molecular weight is 258 g/mol. The van der Waals surface area contributed by atoms with Gasteiger partial charge < -0.3 is 10.1 Å². The molecule has 0 aliphatic heterocycles. The Labute approximate surface area is 103 Å². The maximum Gasteiger partial charge on any atom is 0.405 e. The molecule has 0 fully saturated rings. The minimum Gasteiger partial charge on any atom is -0.492 e. The van der Waals surface area contributed by atoms with E-state index in [0.717, 1.165) is 0 Å². The third-order valence-corrected chi connectivity index (χ3v) is 2.19. The van der Waals surface area contributed by atoms with E-state index in [4.69, 9.17) is 10.00 Å². The van der Waals surface area contributed by atoms with Crippen molar-refractivity contribution in [2.45, 2.75) is 6.18 Å². The smallest absolute Gasteiger partial charge is 0.405 e. The van der Waals surface area contributed by atoms with Gasteiger partial charge in [0.2, 0.25) is 0 Å². The van der Waals surface area contributed by atoms with Crippen molar-refractivity contribution >= 4 is 0 Å². The van der Waals surface area contributed by atoms with Crippen LogP contribution in [0, 0.1) is 17.2 Å². The number of nitrogens with zero attached hydrogens (tertiary/aromatic N) is 1. The summed E-state index contributed by atoms with van der Waals surface area (Å²) >= 11 is 0. The summed E-state index contributed by atoms with van der Waals surface area (Å²) in [7, 11) is 0. The highest BCUT2D eigenvalue weighted by Crippen LogP contribution is 2.24. The summed E-state index contributed by atoms with van der Waals surface area (Å²) in [4.78, 5) is 0. The molecule has 0 heterocycles. The molecule has 0 radical (unpaired) electrons.